The number of amides is 1. The largest absolute Gasteiger partial charge is 0.393 e. The smallest absolute Gasteiger partial charge is 0.239 e. The molecule has 1 unspecified atom stereocenters. The van der Waals surface area contributed by atoms with E-state index in [0.29, 0.717) is 18.2 Å². The molecule has 0 aromatic rings. The van der Waals surface area contributed by atoms with Crippen LogP contribution in [0.2, 0.25) is 0 Å². The number of morpholine rings is 1. The van der Waals surface area contributed by atoms with Crippen LogP contribution in [0.3, 0.4) is 0 Å². The summed E-state index contributed by atoms with van der Waals surface area (Å²) in [5.41, 5.74) is 5.63. The van der Waals surface area contributed by atoms with Crippen LogP contribution in [0.4, 0.5) is 0 Å². The summed E-state index contributed by atoms with van der Waals surface area (Å²) in [5.74, 6) is 0.0540. The first-order chi connectivity index (χ1) is 9.74. The lowest BCUT2D eigenvalue weighted by molar-refractivity contribution is -0.133. The van der Waals surface area contributed by atoms with Crippen LogP contribution in [-0.4, -0.2) is 54.2 Å². The molecule has 0 aromatic carbocycles. The topological polar surface area (TPSA) is 67.6 Å². The van der Waals surface area contributed by atoms with Gasteiger partial charge in [0.15, 0.2) is 0 Å². The quantitative estimate of drug-likeness (QED) is 0.693. The summed E-state index contributed by atoms with van der Waals surface area (Å²) >= 11 is 5.09. The van der Waals surface area contributed by atoms with E-state index >= 15 is 0 Å². The number of nitrogens with two attached hydrogens (primary N) is 1. The van der Waals surface area contributed by atoms with E-state index in [1.807, 2.05) is 13.8 Å². The fraction of sp³-hybridized carbons (Fsp3) is 0.867. The van der Waals surface area contributed by atoms with Gasteiger partial charge in [0.25, 0.3) is 0 Å². The summed E-state index contributed by atoms with van der Waals surface area (Å²) in [6.07, 6.45) is 1.90. The highest BCUT2D eigenvalue weighted by atomic mass is 32.1. The van der Waals surface area contributed by atoms with Crippen LogP contribution in [0, 0.1) is 5.41 Å². The molecule has 1 aliphatic rings. The van der Waals surface area contributed by atoms with Gasteiger partial charge in [-0.05, 0) is 33.2 Å². The molecule has 1 atom stereocenters. The number of rotatable bonds is 7. The Morgan fingerprint density at radius 1 is 1.52 bits per heavy atom. The van der Waals surface area contributed by atoms with Crippen molar-refractivity contribution in [2.24, 2.45) is 11.1 Å². The van der Waals surface area contributed by atoms with Crippen molar-refractivity contribution in [3.8, 4) is 0 Å². The molecule has 0 bridgehead atoms. The molecule has 1 rings (SSSR count). The van der Waals surface area contributed by atoms with Gasteiger partial charge in [0.05, 0.1) is 18.2 Å². The zero-order valence-electron chi connectivity index (χ0n) is 13.6. The van der Waals surface area contributed by atoms with Gasteiger partial charge < -0.3 is 15.8 Å². The maximum Gasteiger partial charge on any atom is 0.239 e. The van der Waals surface area contributed by atoms with Crippen LogP contribution in [0.5, 0.6) is 0 Å². The second-order valence-electron chi connectivity index (χ2n) is 6.64. The number of ether oxygens (including phenoxy) is 1. The Hall–Kier alpha value is -0.720. The molecule has 5 nitrogen and oxygen atoms in total. The van der Waals surface area contributed by atoms with Crippen molar-refractivity contribution in [3.63, 3.8) is 0 Å². The lowest BCUT2D eigenvalue weighted by atomic mass is 9.88. The van der Waals surface area contributed by atoms with E-state index in [9.17, 15) is 4.79 Å². The number of hydrogen-bond donors (Lipinski definition) is 2. The zero-order chi connectivity index (χ0) is 16.0. The van der Waals surface area contributed by atoms with Gasteiger partial charge in [-0.1, -0.05) is 26.1 Å². The van der Waals surface area contributed by atoms with Gasteiger partial charge in [0.2, 0.25) is 5.91 Å². The van der Waals surface area contributed by atoms with Gasteiger partial charge in [-0.15, -0.1) is 0 Å². The Kier molecular flexibility index (Phi) is 7.03. The minimum Gasteiger partial charge on any atom is -0.393 e. The minimum atomic E-state index is -0.186. The summed E-state index contributed by atoms with van der Waals surface area (Å²) in [5, 5.41) is 2.97. The van der Waals surface area contributed by atoms with Crippen molar-refractivity contribution in [1.82, 2.24) is 10.2 Å². The molecule has 0 spiro atoms. The lowest BCUT2D eigenvalue weighted by Gasteiger charge is -2.35. The molecule has 122 valence electrons. The lowest BCUT2D eigenvalue weighted by Crippen LogP contribution is -2.55. The average Bonchev–Trinajstić information content (AvgIpc) is 2.38. The van der Waals surface area contributed by atoms with Crippen LogP contribution >= 0.6 is 12.2 Å². The first kappa shape index (κ1) is 18.3. The molecule has 6 heteroatoms. The zero-order valence-corrected chi connectivity index (χ0v) is 14.5. The SMILES string of the molecule is CC(C)NC(=O)C1COCCN1CCCC(C)(C)C(N)=S. The van der Waals surface area contributed by atoms with Crippen molar-refractivity contribution >= 4 is 23.1 Å². The summed E-state index contributed by atoms with van der Waals surface area (Å²) in [6, 6.07) is -0.0380. The number of thiocarbonyl (C=S) groups is 1. The van der Waals surface area contributed by atoms with Gasteiger partial charge in [-0.25, -0.2) is 0 Å². The molecule has 0 saturated carbocycles. The second kappa shape index (κ2) is 8.06. The summed E-state index contributed by atoms with van der Waals surface area (Å²) < 4.78 is 5.46. The molecular weight excluding hydrogens is 286 g/mol. The van der Waals surface area contributed by atoms with Crippen molar-refractivity contribution in [1.29, 1.82) is 0 Å². The standard InChI is InChI=1S/C15H29N3O2S/c1-11(2)17-13(19)12-10-20-9-8-18(12)7-5-6-15(3,4)14(16)21/h11-12H,5-10H2,1-4H3,(H2,16,21)(H,17,19). The third kappa shape index (κ3) is 5.88. The molecular formula is C15H29N3O2S. The van der Waals surface area contributed by atoms with E-state index in [2.05, 4.69) is 24.1 Å². The fourth-order valence-electron chi connectivity index (χ4n) is 2.38. The van der Waals surface area contributed by atoms with E-state index in [4.69, 9.17) is 22.7 Å². The Morgan fingerprint density at radius 3 is 2.76 bits per heavy atom. The van der Waals surface area contributed by atoms with Crippen LogP contribution in [0.25, 0.3) is 0 Å². The molecule has 1 saturated heterocycles. The van der Waals surface area contributed by atoms with Gasteiger partial charge in [-0.2, -0.15) is 0 Å². The highest BCUT2D eigenvalue weighted by molar-refractivity contribution is 7.80. The highest BCUT2D eigenvalue weighted by Gasteiger charge is 2.30. The van der Waals surface area contributed by atoms with Gasteiger partial charge in [-0.3, -0.25) is 9.69 Å². The number of carbonyl (C=O) groups is 1. The molecule has 3 N–H and O–H groups in total. The predicted molar refractivity (Wildman–Crippen MR) is 89.3 cm³/mol. The Balaban J connectivity index is 2.50. The molecule has 1 aliphatic heterocycles. The predicted octanol–water partition coefficient (Wildman–Crippen LogP) is 1.30. The number of nitrogens with zero attached hydrogens (tertiary/aromatic N) is 1. The first-order valence-corrected chi connectivity index (χ1v) is 8.07. The Bertz CT molecular complexity index is 372. The van der Waals surface area contributed by atoms with E-state index in [1.165, 1.54) is 0 Å². The van der Waals surface area contributed by atoms with E-state index < -0.39 is 0 Å². The fourth-order valence-corrected chi connectivity index (χ4v) is 2.48. The average molecular weight is 315 g/mol. The molecule has 1 heterocycles. The number of carbonyl (C=O) groups excluding carboxylic acids is 1. The van der Waals surface area contributed by atoms with Gasteiger partial charge >= 0.3 is 0 Å². The Morgan fingerprint density at radius 2 is 2.19 bits per heavy atom. The normalized spacial score (nSPS) is 20.5. The monoisotopic (exact) mass is 315 g/mol. The molecule has 1 fully saturated rings. The Labute approximate surface area is 133 Å². The summed E-state index contributed by atoms with van der Waals surface area (Å²) in [4.78, 5) is 15.0. The van der Waals surface area contributed by atoms with Gasteiger partial charge in [0.1, 0.15) is 6.04 Å². The van der Waals surface area contributed by atoms with Crippen LogP contribution in [0.15, 0.2) is 0 Å². The highest BCUT2D eigenvalue weighted by Crippen LogP contribution is 2.23. The molecule has 1 amide bonds. The van der Waals surface area contributed by atoms with E-state index in [-0.39, 0.29) is 23.4 Å². The number of nitrogens with one attached hydrogen (secondary N) is 1. The van der Waals surface area contributed by atoms with Crippen molar-refractivity contribution in [2.45, 2.75) is 52.6 Å². The second-order valence-corrected chi connectivity index (χ2v) is 7.08. The van der Waals surface area contributed by atoms with Crippen LogP contribution in [-0.2, 0) is 9.53 Å². The third-order valence-corrected chi connectivity index (χ3v) is 4.44. The van der Waals surface area contributed by atoms with E-state index in [0.717, 1.165) is 25.9 Å². The molecule has 0 aromatic heterocycles. The van der Waals surface area contributed by atoms with Crippen LogP contribution < -0.4 is 11.1 Å². The minimum absolute atomic E-state index is 0.0540. The molecule has 21 heavy (non-hydrogen) atoms. The van der Waals surface area contributed by atoms with Crippen molar-refractivity contribution in [2.75, 3.05) is 26.3 Å². The maximum atomic E-state index is 12.2. The summed E-state index contributed by atoms with van der Waals surface area (Å²) in [6.45, 7) is 10.9. The maximum absolute atomic E-state index is 12.2. The van der Waals surface area contributed by atoms with Crippen molar-refractivity contribution < 1.29 is 9.53 Å². The van der Waals surface area contributed by atoms with Crippen LogP contribution in [0.1, 0.15) is 40.5 Å². The first-order valence-electron chi connectivity index (χ1n) is 7.66. The molecule has 0 aliphatic carbocycles. The van der Waals surface area contributed by atoms with Crippen molar-refractivity contribution in [3.05, 3.63) is 0 Å². The number of hydrogen-bond acceptors (Lipinski definition) is 4. The van der Waals surface area contributed by atoms with E-state index in [1.54, 1.807) is 0 Å². The third-order valence-electron chi connectivity index (χ3n) is 3.89. The van der Waals surface area contributed by atoms with Gasteiger partial charge in [0, 0.05) is 18.0 Å². The summed E-state index contributed by atoms with van der Waals surface area (Å²) in [7, 11) is 0. The molecule has 0 radical (unpaired) electrons.